The molecule has 0 aliphatic carbocycles. The van der Waals surface area contributed by atoms with Crippen molar-refractivity contribution in [3.8, 4) is 11.6 Å². The summed E-state index contributed by atoms with van der Waals surface area (Å²) in [6.45, 7) is 4.04. The molecule has 0 amide bonds. The number of rotatable bonds is 2. The molecule has 2 aromatic heterocycles. The number of benzene rings is 1. The van der Waals surface area contributed by atoms with Gasteiger partial charge in [0.2, 0.25) is 5.88 Å². The maximum Gasteiger partial charge on any atom is 0.233 e. The highest BCUT2D eigenvalue weighted by Gasteiger charge is 2.10. The minimum atomic E-state index is 0.534. The summed E-state index contributed by atoms with van der Waals surface area (Å²) in [6.07, 6.45) is 3.21. The van der Waals surface area contributed by atoms with Crippen LogP contribution in [0.5, 0.6) is 11.6 Å². The summed E-state index contributed by atoms with van der Waals surface area (Å²) in [7, 11) is 1.84. The molecule has 0 radical (unpaired) electrons. The molecule has 1 aromatic carbocycles. The van der Waals surface area contributed by atoms with E-state index in [2.05, 4.69) is 21.1 Å². The molecule has 0 saturated heterocycles. The standard InChI is InChI=1S/C14H14N4O/c1-9-4-5-10(2)12(6-9)19-14-11-7-17-18(3)13(11)15-8-16-14/h4-8H,1-3H3. The van der Waals surface area contributed by atoms with Gasteiger partial charge in [-0.3, -0.25) is 4.68 Å². The predicted octanol–water partition coefficient (Wildman–Crippen LogP) is 2.77. The van der Waals surface area contributed by atoms with Gasteiger partial charge in [-0.1, -0.05) is 12.1 Å². The molecule has 0 bridgehead atoms. The molecule has 96 valence electrons. The van der Waals surface area contributed by atoms with Crippen LogP contribution in [-0.2, 0) is 7.05 Å². The highest BCUT2D eigenvalue weighted by molar-refractivity contribution is 5.79. The van der Waals surface area contributed by atoms with Crippen LogP contribution >= 0.6 is 0 Å². The quantitative estimate of drug-likeness (QED) is 0.705. The van der Waals surface area contributed by atoms with Crippen molar-refractivity contribution >= 4 is 11.0 Å². The van der Waals surface area contributed by atoms with Gasteiger partial charge < -0.3 is 4.74 Å². The van der Waals surface area contributed by atoms with Crippen molar-refractivity contribution in [1.29, 1.82) is 0 Å². The molecule has 0 spiro atoms. The van der Waals surface area contributed by atoms with E-state index in [1.807, 2.05) is 33.0 Å². The Morgan fingerprint density at radius 1 is 1.16 bits per heavy atom. The fourth-order valence-corrected chi connectivity index (χ4v) is 1.94. The Bertz CT molecular complexity index is 748. The second-order valence-corrected chi connectivity index (χ2v) is 4.56. The molecule has 19 heavy (non-hydrogen) atoms. The largest absolute Gasteiger partial charge is 0.438 e. The maximum absolute atomic E-state index is 5.91. The van der Waals surface area contributed by atoms with Crippen LogP contribution in [0.3, 0.4) is 0 Å². The lowest BCUT2D eigenvalue weighted by Gasteiger charge is -2.09. The van der Waals surface area contributed by atoms with Gasteiger partial charge in [0.15, 0.2) is 5.65 Å². The first kappa shape index (κ1) is 11.6. The van der Waals surface area contributed by atoms with Gasteiger partial charge in [-0.15, -0.1) is 0 Å². The summed E-state index contributed by atoms with van der Waals surface area (Å²) in [4.78, 5) is 8.39. The van der Waals surface area contributed by atoms with E-state index in [1.54, 1.807) is 10.9 Å². The Labute approximate surface area is 110 Å². The molecule has 0 saturated carbocycles. The lowest BCUT2D eigenvalue weighted by molar-refractivity contribution is 0.464. The van der Waals surface area contributed by atoms with Crippen LogP contribution in [0.1, 0.15) is 11.1 Å². The molecule has 3 rings (SSSR count). The van der Waals surface area contributed by atoms with Crippen molar-refractivity contribution in [2.24, 2.45) is 7.05 Å². The zero-order valence-corrected chi connectivity index (χ0v) is 11.1. The highest BCUT2D eigenvalue weighted by atomic mass is 16.5. The van der Waals surface area contributed by atoms with Crippen LogP contribution in [-0.4, -0.2) is 19.7 Å². The Morgan fingerprint density at radius 2 is 2.00 bits per heavy atom. The number of nitrogens with zero attached hydrogens (tertiary/aromatic N) is 4. The summed E-state index contributed by atoms with van der Waals surface area (Å²) >= 11 is 0. The molecular weight excluding hydrogens is 240 g/mol. The number of hydrogen-bond donors (Lipinski definition) is 0. The fourth-order valence-electron chi connectivity index (χ4n) is 1.94. The topological polar surface area (TPSA) is 52.8 Å². The Kier molecular flexibility index (Phi) is 2.67. The van der Waals surface area contributed by atoms with Gasteiger partial charge in [0.25, 0.3) is 0 Å². The summed E-state index contributed by atoms with van der Waals surface area (Å²) < 4.78 is 7.61. The van der Waals surface area contributed by atoms with Gasteiger partial charge in [0.05, 0.1) is 6.20 Å². The summed E-state index contributed by atoms with van der Waals surface area (Å²) in [5.74, 6) is 1.34. The van der Waals surface area contributed by atoms with E-state index in [1.165, 1.54) is 6.33 Å². The van der Waals surface area contributed by atoms with E-state index in [0.29, 0.717) is 5.88 Å². The Hall–Kier alpha value is -2.43. The average Bonchev–Trinajstić information content (AvgIpc) is 2.77. The first-order valence-corrected chi connectivity index (χ1v) is 6.03. The molecule has 0 aliphatic rings. The van der Waals surface area contributed by atoms with E-state index < -0.39 is 0 Å². The first-order valence-electron chi connectivity index (χ1n) is 6.03. The van der Waals surface area contributed by atoms with Gasteiger partial charge in [-0.2, -0.15) is 5.10 Å². The van der Waals surface area contributed by atoms with Crippen molar-refractivity contribution in [1.82, 2.24) is 19.7 Å². The maximum atomic E-state index is 5.91. The molecule has 0 atom stereocenters. The summed E-state index contributed by atoms with van der Waals surface area (Å²) in [5.41, 5.74) is 2.98. The second-order valence-electron chi connectivity index (χ2n) is 4.56. The average molecular weight is 254 g/mol. The zero-order chi connectivity index (χ0) is 13.4. The molecule has 5 nitrogen and oxygen atoms in total. The Balaban J connectivity index is 2.08. The molecule has 2 heterocycles. The van der Waals surface area contributed by atoms with Gasteiger partial charge in [0, 0.05) is 7.05 Å². The van der Waals surface area contributed by atoms with Gasteiger partial charge >= 0.3 is 0 Å². The zero-order valence-electron chi connectivity index (χ0n) is 11.1. The summed E-state index contributed by atoms with van der Waals surface area (Å²) in [6, 6.07) is 6.09. The number of aryl methyl sites for hydroxylation is 3. The molecule has 0 aliphatic heterocycles. The molecule has 0 fully saturated rings. The van der Waals surface area contributed by atoms with E-state index >= 15 is 0 Å². The molecular formula is C14H14N4O. The van der Waals surface area contributed by atoms with Crippen LogP contribution in [0.15, 0.2) is 30.7 Å². The van der Waals surface area contributed by atoms with E-state index in [9.17, 15) is 0 Å². The second kappa shape index (κ2) is 4.35. The third-order valence-corrected chi connectivity index (χ3v) is 3.04. The minimum absolute atomic E-state index is 0.534. The predicted molar refractivity (Wildman–Crippen MR) is 72.3 cm³/mol. The summed E-state index contributed by atoms with van der Waals surface area (Å²) in [5, 5.41) is 4.98. The molecule has 5 heteroatoms. The van der Waals surface area contributed by atoms with E-state index in [0.717, 1.165) is 27.9 Å². The van der Waals surface area contributed by atoms with Crippen molar-refractivity contribution in [3.05, 3.63) is 41.9 Å². The van der Waals surface area contributed by atoms with E-state index in [-0.39, 0.29) is 0 Å². The van der Waals surface area contributed by atoms with Crippen molar-refractivity contribution in [2.75, 3.05) is 0 Å². The van der Waals surface area contributed by atoms with Gasteiger partial charge in [-0.05, 0) is 31.0 Å². The van der Waals surface area contributed by atoms with Crippen LogP contribution in [0, 0.1) is 13.8 Å². The van der Waals surface area contributed by atoms with Crippen LogP contribution in [0.4, 0.5) is 0 Å². The first-order chi connectivity index (χ1) is 9.15. The molecule has 0 unspecified atom stereocenters. The number of fused-ring (bicyclic) bond motifs is 1. The van der Waals surface area contributed by atoms with Crippen molar-refractivity contribution < 1.29 is 4.74 Å². The SMILES string of the molecule is Cc1ccc(C)c(Oc2ncnc3c2cnn3C)c1. The third-order valence-electron chi connectivity index (χ3n) is 3.04. The van der Waals surface area contributed by atoms with Gasteiger partial charge in [-0.25, -0.2) is 9.97 Å². The number of ether oxygens (including phenoxy) is 1. The fraction of sp³-hybridized carbons (Fsp3) is 0.214. The number of hydrogen-bond acceptors (Lipinski definition) is 4. The third kappa shape index (κ3) is 2.03. The lowest BCUT2D eigenvalue weighted by Crippen LogP contribution is -1.95. The molecule has 0 N–H and O–H groups in total. The van der Waals surface area contributed by atoms with Crippen molar-refractivity contribution in [2.45, 2.75) is 13.8 Å². The van der Waals surface area contributed by atoms with Gasteiger partial charge in [0.1, 0.15) is 17.5 Å². The van der Waals surface area contributed by atoms with Crippen LogP contribution < -0.4 is 4.74 Å². The lowest BCUT2D eigenvalue weighted by atomic mass is 10.1. The monoisotopic (exact) mass is 254 g/mol. The van der Waals surface area contributed by atoms with Crippen LogP contribution in [0.2, 0.25) is 0 Å². The number of aromatic nitrogens is 4. The van der Waals surface area contributed by atoms with Crippen molar-refractivity contribution in [3.63, 3.8) is 0 Å². The minimum Gasteiger partial charge on any atom is -0.438 e. The van der Waals surface area contributed by atoms with E-state index in [4.69, 9.17) is 4.74 Å². The highest BCUT2D eigenvalue weighted by Crippen LogP contribution is 2.28. The normalized spacial score (nSPS) is 10.9. The Morgan fingerprint density at radius 3 is 2.84 bits per heavy atom. The van der Waals surface area contributed by atoms with Crippen LogP contribution in [0.25, 0.3) is 11.0 Å². The smallest absolute Gasteiger partial charge is 0.233 e. The molecule has 3 aromatic rings.